The van der Waals surface area contributed by atoms with Crippen molar-refractivity contribution < 1.29 is 24.3 Å². The lowest BCUT2D eigenvalue weighted by Gasteiger charge is -2.12. The quantitative estimate of drug-likeness (QED) is 0.262. The molecule has 0 heterocycles. The molecule has 33 heavy (non-hydrogen) atoms. The van der Waals surface area contributed by atoms with Crippen molar-refractivity contribution in [2.75, 3.05) is 7.11 Å². The molecular formula is C22H17Cl2N3O6. The van der Waals surface area contributed by atoms with E-state index in [-0.39, 0.29) is 17.9 Å². The predicted molar refractivity (Wildman–Crippen MR) is 124 cm³/mol. The zero-order chi connectivity index (χ0) is 24.0. The van der Waals surface area contributed by atoms with Gasteiger partial charge < -0.3 is 14.6 Å². The number of halogens is 2. The van der Waals surface area contributed by atoms with Gasteiger partial charge in [0.25, 0.3) is 11.6 Å². The van der Waals surface area contributed by atoms with Crippen LogP contribution in [0.1, 0.15) is 21.5 Å². The molecule has 11 heteroatoms. The van der Waals surface area contributed by atoms with Crippen molar-refractivity contribution in [3.05, 3.63) is 91.4 Å². The number of nitro groups is 1. The smallest absolute Gasteiger partial charge is 0.275 e. The SMILES string of the molecule is COc1cc(/C=N\NC(=O)c2cc([N+](=O)[O-])ccc2O)ccc1OCc1ccc(Cl)cc1Cl. The van der Waals surface area contributed by atoms with Crippen LogP contribution in [0.25, 0.3) is 0 Å². The second-order valence-electron chi connectivity index (χ2n) is 6.59. The molecule has 0 atom stereocenters. The summed E-state index contributed by atoms with van der Waals surface area (Å²) in [6.07, 6.45) is 1.34. The van der Waals surface area contributed by atoms with Crippen molar-refractivity contribution in [1.29, 1.82) is 0 Å². The standard InChI is InChI=1S/C22H17Cl2N3O6/c1-32-21-8-13(2-7-20(21)33-12-14-3-4-15(23)9-18(14)24)11-25-26-22(29)17-10-16(27(30)31)5-6-19(17)28/h2-11,28H,12H2,1H3,(H,26,29)/b25-11-. The van der Waals surface area contributed by atoms with Crippen molar-refractivity contribution in [3.8, 4) is 17.2 Å². The predicted octanol–water partition coefficient (Wildman–Crippen LogP) is 4.96. The van der Waals surface area contributed by atoms with Gasteiger partial charge in [0.1, 0.15) is 12.4 Å². The summed E-state index contributed by atoms with van der Waals surface area (Å²) < 4.78 is 11.1. The van der Waals surface area contributed by atoms with Gasteiger partial charge in [0.05, 0.1) is 23.8 Å². The van der Waals surface area contributed by atoms with E-state index in [0.717, 1.165) is 23.8 Å². The number of phenols is 1. The molecule has 3 aromatic rings. The number of amides is 1. The number of ether oxygens (including phenoxy) is 2. The van der Waals surface area contributed by atoms with Gasteiger partial charge in [-0.3, -0.25) is 14.9 Å². The van der Waals surface area contributed by atoms with E-state index in [4.69, 9.17) is 32.7 Å². The number of nitrogens with zero attached hydrogens (tertiary/aromatic N) is 2. The van der Waals surface area contributed by atoms with Crippen LogP contribution >= 0.6 is 23.2 Å². The number of non-ortho nitro benzene ring substituents is 1. The summed E-state index contributed by atoms with van der Waals surface area (Å²) in [6.45, 7) is 0.197. The summed E-state index contributed by atoms with van der Waals surface area (Å²) in [5.74, 6) is -0.325. The maximum Gasteiger partial charge on any atom is 0.275 e. The number of hydrogen-bond donors (Lipinski definition) is 2. The molecule has 0 unspecified atom stereocenters. The van der Waals surface area contributed by atoms with Crippen LogP contribution in [0.5, 0.6) is 17.2 Å². The van der Waals surface area contributed by atoms with Crippen LogP contribution in [-0.2, 0) is 6.61 Å². The Kier molecular flexibility index (Phi) is 7.70. The van der Waals surface area contributed by atoms with E-state index in [1.807, 2.05) is 0 Å². The Morgan fingerprint density at radius 2 is 1.94 bits per heavy atom. The third-order valence-corrected chi connectivity index (χ3v) is 4.99. The molecule has 1 amide bonds. The van der Waals surface area contributed by atoms with E-state index in [1.54, 1.807) is 36.4 Å². The Morgan fingerprint density at radius 1 is 1.15 bits per heavy atom. The average Bonchev–Trinajstić information content (AvgIpc) is 2.79. The highest BCUT2D eigenvalue weighted by Gasteiger charge is 2.16. The van der Waals surface area contributed by atoms with Crippen LogP contribution in [-0.4, -0.2) is 29.3 Å². The Labute approximate surface area is 198 Å². The number of rotatable bonds is 8. The second kappa shape index (κ2) is 10.7. The van der Waals surface area contributed by atoms with Crippen LogP contribution in [0.2, 0.25) is 10.0 Å². The Hall–Kier alpha value is -3.82. The van der Waals surface area contributed by atoms with Gasteiger partial charge in [0, 0.05) is 27.7 Å². The summed E-state index contributed by atoms with van der Waals surface area (Å²) in [5, 5.41) is 25.5. The largest absolute Gasteiger partial charge is 0.507 e. The number of aromatic hydroxyl groups is 1. The Morgan fingerprint density at radius 3 is 2.64 bits per heavy atom. The number of benzene rings is 3. The second-order valence-corrected chi connectivity index (χ2v) is 7.44. The van der Waals surface area contributed by atoms with Gasteiger partial charge in [0.15, 0.2) is 11.5 Å². The van der Waals surface area contributed by atoms with E-state index in [9.17, 15) is 20.0 Å². The molecule has 0 aliphatic carbocycles. The highest BCUT2D eigenvalue weighted by Crippen LogP contribution is 2.30. The van der Waals surface area contributed by atoms with Crippen LogP contribution in [0.3, 0.4) is 0 Å². The normalized spacial score (nSPS) is 10.8. The number of phenolic OH excluding ortho intramolecular Hbond substituents is 1. The number of nitrogens with one attached hydrogen (secondary N) is 1. The zero-order valence-corrected chi connectivity index (χ0v) is 18.6. The lowest BCUT2D eigenvalue weighted by Crippen LogP contribution is -2.18. The molecule has 0 saturated heterocycles. The van der Waals surface area contributed by atoms with E-state index >= 15 is 0 Å². The summed E-state index contributed by atoms with van der Waals surface area (Å²) >= 11 is 12.1. The van der Waals surface area contributed by atoms with Crippen LogP contribution in [0, 0.1) is 10.1 Å². The Balaban J connectivity index is 1.67. The monoisotopic (exact) mass is 489 g/mol. The first-order chi connectivity index (χ1) is 15.8. The molecular weight excluding hydrogens is 473 g/mol. The summed E-state index contributed by atoms with van der Waals surface area (Å²) in [6, 6.07) is 13.2. The minimum Gasteiger partial charge on any atom is -0.507 e. The minimum atomic E-state index is -0.806. The molecule has 0 aliphatic heterocycles. The third-order valence-electron chi connectivity index (χ3n) is 4.40. The molecule has 0 spiro atoms. The van der Waals surface area contributed by atoms with Gasteiger partial charge in [-0.05, 0) is 42.0 Å². The first-order valence-corrected chi connectivity index (χ1v) is 10.1. The van der Waals surface area contributed by atoms with E-state index < -0.39 is 16.6 Å². The third kappa shape index (κ3) is 6.12. The molecule has 0 saturated carbocycles. The molecule has 9 nitrogen and oxygen atoms in total. The van der Waals surface area contributed by atoms with Gasteiger partial charge in [0.2, 0.25) is 0 Å². The van der Waals surface area contributed by atoms with Crippen molar-refractivity contribution in [2.24, 2.45) is 5.10 Å². The molecule has 170 valence electrons. The molecule has 3 aromatic carbocycles. The molecule has 2 N–H and O–H groups in total. The summed E-state index contributed by atoms with van der Waals surface area (Å²) in [7, 11) is 1.48. The number of methoxy groups -OCH3 is 1. The fourth-order valence-corrected chi connectivity index (χ4v) is 3.19. The van der Waals surface area contributed by atoms with Crippen molar-refractivity contribution in [2.45, 2.75) is 6.61 Å². The first-order valence-electron chi connectivity index (χ1n) is 9.34. The fraction of sp³-hybridized carbons (Fsp3) is 0.0909. The van der Waals surface area contributed by atoms with Gasteiger partial charge >= 0.3 is 0 Å². The molecule has 0 fully saturated rings. The molecule has 0 radical (unpaired) electrons. The molecule has 0 aliphatic rings. The maximum atomic E-state index is 12.2. The number of carbonyl (C=O) groups is 1. The summed E-state index contributed by atoms with van der Waals surface area (Å²) in [4.78, 5) is 22.4. The summed E-state index contributed by atoms with van der Waals surface area (Å²) in [5.41, 5.74) is 2.94. The number of nitro benzene ring substituents is 1. The van der Waals surface area contributed by atoms with E-state index in [1.165, 1.54) is 13.3 Å². The first kappa shape index (κ1) is 23.8. The topological polar surface area (TPSA) is 123 Å². The lowest BCUT2D eigenvalue weighted by atomic mass is 10.1. The van der Waals surface area contributed by atoms with Gasteiger partial charge in [-0.2, -0.15) is 5.10 Å². The van der Waals surface area contributed by atoms with E-state index in [2.05, 4.69) is 10.5 Å². The van der Waals surface area contributed by atoms with E-state index in [0.29, 0.717) is 27.1 Å². The van der Waals surface area contributed by atoms with Crippen LogP contribution in [0.4, 0.5) is 5.69 Å². The number of hydrazone groups is 1. The average molecular weight is 490 g/mol. The van der Waals surface area contributed by atoms with Crippen LogP contribution in [0.15, 0.2) is 59.7 Å². The zero-order valence-electron chi connectivity index (χ0n) is 17.1. The van der Waals surface area contributed by atoms with Crippen LogP contribution < -0.4 is 14.9 Å². The molecule has 3 rings (SSSR count). The number of carbonyl (C=O) groups excluding carboxylic acids is 1. The van der Waals surface area contributed by atoms with Gasteiger partial charge in [-0.15, -0.1) is 0 Å². The molecule has 0 bridgehead atoms. The fourth-order valence-electron chi connectivity index (χ4n) is 2.72. The highest BCUT2D eigenvalue weighted by molar-refractivity contribution is 6.35. The van der Waals surface area contributed by atoms with Crippen molar-refractivity contribution in [3.63, 3.8) is 0 Å². The maximum absolute atomic E-state index is 12.2. The molecule has 0 aromatic heterocycles. The highest BCUT2D eigenvalue weighted by atomic mass is 35.5. The van der Waals surface area contributed by atoms with Crippen molar-refractivity contribution in [1.82, 2.24) is 5.43 Å². The Bertz CT molecular complexity index is 1230. The number of hydrogen-bond acceptors (Lipinski definition) is 7. The lowest BCUT2D eigenvalue weighted by molar-refractivity contribution is -0.384. The van der Waals surface area contributed by atoms with Gasteiger partial charge in [-0.1, -0.05) is 29.3 Å². The van der Waals surface area contributed by atoms with Crippen molar-refractivity contribution >= 4 is 41.0 Å². The van der Waals surface area contributed by atoms with Gasteiger partial charge in [-0.25, -0.2) is 5.43 Å². The minimum absolute atomic E-state index is 0.197.